The molecule has 1 rings (SSSR count). The van der Waals surface area contributed by atoms with Gasteiger partial charge in [0.15, 0.2) is 0 Å². The molecule has 1 saturated carbocycles. The Balaban J connectivity index is 2.70. The van der Waals surface area contributed by atoms with Crippen molar-refractivity contribution in [1.29, 1.82) is 0 Å². The van der Waals surface area contributed by atoms with Gasteiger partial charge in [0, 0.05) is 19.6 Å². The number of rotatable bonds is 6. The summed E-state index contributed by atoms with van der Waals surface area (Å²) in [5.41, 5.74) is 4.54. The van der Waals surface area contributed by atoms with Crippen LogP contribution in [0.3, 0.4) is 0 Å². The minimum atomic E-state index is -0.693. The van der Waals surface area contributed by atoms with E-state index in [0.29, 0.717) is 12.5 Å². The second-order valence-electron chi connectivity index (χ2n) is 6.32. The van der Waals surface area contributed by atoms with Crippen LogP contribution in [-0.2, 0) is 9.53 Å². The van der Waals surface area contributed by atoms with E-state index in [1.54, 1.807) is 7.11 Å². The lowest BCUT2D eigenvalue weighted by Gasteiger charge is -2.39. The third-order valence-corrected chi connectivity index (χ3v) is 4.00. The molecule has 0 saturated heterocycles. The highest BCUT2D eigenvalue weighted by molar-refractivity contribution is 5.84. The highest BCUT2D eigenvalue weighted by atomic mass is 16.5. The molecule has 1 aliphatic rings. The molecule has 0 aliphatic heterocycles. The van der Waals surface area contributed by atoms with Gasteiger partial charge in [-0.1, -0.05) is 19.3 Å². The van der Waals surface area contributed by atoms with Crippen molar-refractivity contribution >= 4 is 5.91 Å². The third-order valence-electron chi connectivity index (χ3n) is 4.00. The van der Waals surface area contributed by atoms with Gasteiger partial charge >= 0.3 is 0 Å². The number of carbonyl (C=O) groups excluding carboxylic acids is 1. The molecule has 4 heteroatoms. The maximum atomic E-state index is 11.8. The number of ether oxygens (including phenoxy) is 1. The third kappa shape index (κ3) is 4.25. The Morgan fingerprint density at radius 2 is 1.83 bits per heavy atom. The highest BCUT2D eigenvalue weighted by Crippen LogP contribution is 2.26. The first kappa shape index (κ1) is 15.4. The number of carbonyl (C=O) groups is 1. The van der Waals surface area contributed by atoms with E-state index in [4.69, 9.17) is 10.5 Å². The lowest BCUT2D eigenvalue weighted by molar-refractivity contribution is -0.127. The molecule has 0 spiro atoms. The molecular formula is C14H28N2O2. The van der Waals surface area contributed by atoms with Crippen LogP contribution in [0, 0.1) is 0 Å². The summed E-state index contributed by atoms with van der Waals surface area (Å²) in [7, 11) is 1.67. The summed E-state index contributed by atoms with van der Waals surface area (Å²) in [6.45, 7) is 5.86. The van der Waals surface area contributed by atoms with Crippen LogP contribution in [0.25, 0.3) is 0 Å². The molecule has 1 aliphatic carbocycles. The van der Waals surface area contributed by atoms with Gasteiger partial charge in [-0.05, 0) is 33.6 Å². The van der Waals surface area contributed by atoms with Crippen molar-refractivity contribution in [3.8, 4) is 0 Å². The van der Waals surface area contributed by atoms with E-state index >= 15 is 0 Å². The summed E-state index contributed by atoms with van der Waals surface area (Å²) >= 11 is 0. The molecule has 0 radical (unpaired) electrons. The minimum Gasteiger partial charge on any atom is -0.379 e. The predicted octanol–water partition coefficient (Wildman–Crippen LogP) is 1.97. The number of amides is 1. The first-order valence-electron chi connectivity index (χ1n) is 6.92. The summed E-state index contributed by atoms with van der Waals surface area (Å²) in [6.07, 6.45) is 6.63. The molecule has 0 aromatic rings. The van der Waals surface area contributed by atoms with E-state index < -0.39 is 5.54 Å². The summed E-state index contributed by atoms with van der Waals surface area (Å²) in [5, 5.41) is 3.47. The quantitative estimate of drug-likeness (QED) is 0.763. The molecule has 0 heterocycles. The first-order chi connectivity index (χ1) is 8.29. The van der Waals surface area contributed by atoms with Gasteiger partial charge in [0.25, 0.3) is 0 Å². The molecule has 1 atom stereocenters. The summed E-state index contributed by atoms with van der Waals surface area (Å²) in [4.78, 5) is 11.8. The Morgan fingerprint density at radius 1 is 1.28 bits per heavy atom. The van der Waals surface area contributed by atoms with Crippen molar-refractivity contribution in [2.75, 3.05) is 7.11 Å². The average Bonchev–Trinajstić information content (AvgIpc) is 2.29. The fraction of sp³-hybridized carbons (Fsp3) is 0.929. The molecule has 1 amide bonds. The van der Waals surface area contributed by atoms with Crippen molar-refractivity contribution in [1.82, 2.24) is 5.32 Å². The largest absolute Gasteiger partial charge is 0.379 e. The van der Waals surface area contributed by atoms with Gasteiger partial charge in [-0.25, -0.2) is 0 Å². The highest BCUT2D eigenvalue weighted by Gasteiger charge is 2.39. The normalized spacial score (nSPS) is 21.6. The van der Waals surface area contributed by atoms with Crippen LogP contribution in [0.1, 0.15) is 59.3 Å². The van der Waals surface area contributed by atoms with Crippen molar-refractivity contribution in [3.05, 3.63) is 0 Å². The van der Waals surface area contributed by atoms with Crippen molar-refractivity contribution in [3.63, 3.8) is 0 Å². The van der Waals surface area contributed by atoms with E-state index in [1.807, 2.05) is 20.8 Å². The first-order valence-corrected chi connectivity index (χ1v) is 6.92. The number of hydrogen-bond acceptors (Lipinski definition) is 3. The van der Waals surface area contributed by atoms with Crippen LogP contribution in [0.5, 0.6) is 0 Å². The number of hydrogen-bond donors (Lipinski definition) is 2. The maximum absolute atomic E-state index is 11.8. The smallest absolute Gasteiger partial charge is 0.237 e. The molecule has 106 valence electrons. The average molecular weight is 256 g/mol. The number of methoxy groups -OCH3 is 1. The van der Waals surface area contributed by atoms with E-state index in [2.05, 4.69) is 5.32 Å². The predicted molar refractivity (Wildman–Crippen MR) is 73.3 cm³/mol. The second kappa shape index (κ2) is 6.02. The van der Waals surface area contributed by atoms with Gasteiger partial charge in [0.05, 0.1) is 11.1 Å². The fourth-order valence-electron chi connectivity index (χ4n) is 2.83. The van der Waals surface area contributed by atoms with Gasteiger partial charge in [0.2, 0.25) is 5.91 Å². The number of nitrogens with two attached hydrogens (primary N) is 1. The van der Waals surface area contributed by atoms with Crippen LogP contribution in [0.2, 0.25) is 0 Å². The summed E-state index contributed by atoms with van der Waals surface area (Å²) < 4.78 is 5.42. The molecule has 0 bridgehead atoms. The number of nitrogens with one attached hydrogen (secondary N) is 1. The van der Waals surface area contributed by atoms with Crippen LogP contribution in [-0.4, -0.2) is 30.2 Å². The van der Waals surface area contributed by atoms with Gasteiger partial charge in [-0.2, -0.15) is 0 Å². The Labute approximate surface area is 111 Å². The van der Waals surface area contributed by atoms with Gasteiger partial charge in [-0.3, -0.25) is 4.79 Å². The van der Waals surface area contributed by atoms with Crippen LogP contribution in [0.15, 0.2) is 0 Å². The van der Waals surface area contributed by atoms with Crippen LogP contribution >= 0.6 is 0 Å². The lowest BCUT2D eigenvalue weighted by Crippen LogP contribution is -2.59. The Kier molecular flexibility index (Phi) is 5.17. The van der Waals surface area contributed by atoms with Crippen molar-refractivity contribution < 1.29 is 9.53 Å². The zero-order chi connectivity index (χ0) is 13.8. The lowest BCUT2D eigenvalue weighted by atomic mass is 9.84. The van der Waals surface area contributed by atoms with Crippen LogP contribution < -0.4 is 11.1 Å². The van der Waals surface area contributed by atoms with E-state index in [9.17, 15) is 4.79 Å². The van der Waals surface area contributed by atoms with E-state index in [1.165, 1.54) is 19.3 Å². The van der Waals surface area contributed by atoms with Crippen molar-refractivity contribution in [2.24, 2.45) is 5.73 Å². The molecule has 0 aromatic carbocycles. The number of primary amides is 1. The molecule has 18 heavy (non-hydrogen) atoms. The molecular weight excluding hydrogens is 228 g/mol. The van der Waals surface area contributed by atoms with Gasteiger partial charge in [0.1, 0.15) is 0 Å². The molecule has 3 N–H and O–H groups in total. The standard InChI is InChI=1S/C14H28N2O2/c1-13(2,18-4)10-14(3,12(15)17)16-11-8-6-5-7-9-11/h11,16H,5-10H2,1-4H3,(H2,15,17). The summed E-state index contributed by atoms with van der Waals surface area (Å²) in [5.74, 6) is -0.293. The zero-order valence-electron chi connectivity index (χ0n) is 12.2. The molecule has 4 nitrogen and oxygen atoms in total. The second-order valence-corrected chi connectivity index (χ2v) is 6.32. The fourth-order valence-corrected chi connectivity index (χ4v) is 2.83. The van der Waals surface area contributed by atoms with E-state index in [-0.39, 0.29) is 11.5 Å². The Morgan fingerprint density at radius 3 is 2.28 bits per heavy atom. The SMILES string of the molecule is COC(C)(C)CC(C)(NC1CCCCC1)C(N)=O. The molecule has 1 fully saturated rings. The van der Waals surface area contributed by atoms with E-state index in [0.717, 1.165) is 12.8 Å². The van der Waals surface area contributed by atoms with Gasteiger partial charge in [-0.15, -0.1) is 0 Å². The Bertz CT molecular complexity index is 286. The van der Waals surface area contributed by atoms with Crippen LogP contribution in [0.4, 0.5) is 0 Å². The van der Waals surface area contributed by atoms with Gasteiger partial charge < -0.3 is 15.8 Å². The Hall–Kier alpha value is -0.610. The zero-order valence-corrected chi connectivity index (χ0v) is 12.2. The maximum Gasteiger partial charge on any atom is 0.237 e. The monoisotopic (exact) mass is 256 g/mol. The minimum absolute atomic E-state index is 0.293. The van der Waals surface area contributed by atoms with Crippen molar-refractivity contribution in [2.45, 2.75) is 76.5 Å². The topological polar surface area (TPSA) is 64.3 Å². The molecule has 0 aromatic heterocycles. The summed E-state index contributed by atoms with van der Waals surface area (Å²) in [6, 6.07) is 0.406. The molecule has 1 unspecified atom stereocenters.